The molecule has 1 aliphatic heterocycles. The van der Waals surface area contributed by atoms with Crippen molar-refractivity contribution >= 4 is 33.4 Å². The molecule has 0 aliphatic carbocycles. The number of benzene rings is 1. The number of carboxylic acids is 1. The van der Waals surface area contributed by atoms with Crippen LogP contribution >= 0.6 is 11.3 Å². The summed E-state index contributed by atoms with van der Waals surface area (Å²) in [6, 6.07) is 8.08. The van der Waals surface area contributed by atoms with Crippen LogP contribution in [0.2, 0.25) is 0 Å². The summed E-state index contributed by atoms with van der Waals surface area (Å²) in [5.74, 6) is -0.977. The Bertz CT molecular complexity index is 641. The molecule has 3 rings (SSSR count). The van der Waals surface area contributed by atoms with Crippen molar-refractivity contribution in [3.05, 3.63) is 29.3 Å². The van der Waals surface area contributed by atoms with Crippen LogP contribution in [0.25, 0.3) is 10.2 Å². The molecule has 2 aromatic rings. The summed E-state index contributed by atoms with van der Waals surface area (Å²) in [7, 11) is 0. The fourth-order valence-electron chi connectivity index (χ4n) is 2.68. The average Bonchev–Trinajstić information content (AvgIpc) is 2.90. The van der Waals surface area contributed by atoms with E-state index >= 15 is 0 Å². The molecule has 1 aromatic carbocycles. The van der Waals surface area contributed by atoms with Gasteiger partial charge in [-0.25, -0.2) is 4.98 Å². The Hall–Kier alpha value is -1.95. The molecule has 0 unspecified atom stereocenters. The lowest BCUT2D eigenvalue weighted by Gasteiger charge is -2.30. The van der Waals surface area contributed by atoms with E-state index in [1.165, 1.54) is 4.70 Å². The van der Waals surface area contributed by atoms with Crippen molar-refractivity contribution in [3.63, 3.8) is 0 Å². The van der Waals surface area contributed by atoms with Crippen LogP contribution < -0.4 is 0 Å². The molecule has 1 amide bonds. The molecule has 1 aromatic heterocycles. The van der Waals surface area contributed by atoms with Gasteiger partial charge in [-0.1, -0.05) is 12.1 Å². The van der Waals surface area contributed by atoms with Crippen LogP contribution in [0.4, 0.5) is 0 Å². The summed E-state index contributed by atoms with van der Waals surface area (Å²) in [4.78, 5) is 28.6. The van der Waals surface area contributed by atoms with Gasteiger partial charge in [0, 0.05) is 19.0 Å². The van der Waals surface area contributed by atoms with Crippen molar-refractivity contribution in [1.82, 2.24) is 9.88 Å². The van der Waals surface area contributed by atoms with E-state index in [0.29, 0.717) is 19.0 Å². The van der Waals surface area contributed by atoms with Gasteiger partial charge in [-0.2, -0.15) is 0 Å². The highest BCUT2D eigenvalue weighted by molar-refractivity contribution is 7.18. The molecular weight excluding hydrogens is 288 g/mol. The number of carboxylic acid groups (broad SMARTS) is 1. The van der Waals surface area contributed by atoms with Crippen molar-refractivity contribution in [3.8, 4) is 0 Å². The molecule has 1 fully saturated rings. The first-order valence-electron chi connectivity index (χ1n) is 6.98. The van der Waals surface area contributed by atoms with E-state index in [9.17, 15) is 9.59 Å². The third-order valence-electron chi connectivity index (χ3n) is 3.81. The quantitative estimate of drug-likeness (QED) is 0.884. The van der Waals surface area contributed by atoms with Gasteiger partial charge < -0.3 is 10.0 Å². The number of piperidine rings is 1. The van der Waals surface area contributed by atoms with Gasteiger partial charge in [0.2, 0.25) is 5.91 Å². The maximum absolute atomic E-state index is 11.7. The molecule has 110 valence electrons. The summed E-state index contributed by atoms with van der Waals surface area (Å²) < 4.78 is 1.19. The lowest BCUT2D eigenvalue weighted by atomic mass is 9.97. The minimum atomic E-state index is -1.06. The maximum Gasteiger partial charge on any atom is 0.312 e. The number of aliphatic carboxylic acids is 1. The molecule has 0 bridgehead atoms. The Morgan fingerprint density at radius 3 is 2.67 bits per heavy atom. The number of aromatic nitrogens is 1. The first-order chi connectivity index (χ1) is 10.1. The topological polar surface area (TPSA) is 70.5 Å². The lowest BCUT2D eigenvalue weighted by molar-refractivity contribution is -0.144. The SMILES string of the molecule is O=C(O)CC(=O)N1CCC(c2nc3ccccc3s2)CC1. The molecule has 21 heavy (non-hydrogen) atoms. The first-order valence-corrected chi connectivity index (χ1v) is 7.80. The summed E-state index contributed by atoms with van der Waals surface area (Å²) >= 11 is 1.72. The van der Waals surface area contributed by atoms with Crippen LogP contribution in [-0.4, -0.2) is 40.0 Å². The number of fused-ring (bicyclic) bond motifs is 1. The number of carbonyl (C=O) groups excluding carboxylic acids is 1. The van der Waals surface area contributed by atoms with Crippen LogP contribution in [0.3, 0.4) is 0 Å². The number of rotatable bonds is 3. The Kier molecular flexibility index (Phi) is 3.88. The van der Waals surface area contributed by atoms with E-state index in [1.807, 2.05) is 18.2 Å². The summed E-state index contributed by atoms with van der Waals surface area (Å²) in [6.45, 7) is 1.24. The number of amides is 1. The summed E-state index contributed by atoms with van der Waals surface area (Å²) in [5, 5.41) is 9.80. The second kappa shape index (κ2) is 5.81. The van der Waals surface area contributed by atoms with Gasteiger partial charge in [0.05, 0.1) is 15.2 Å². The van der Waals surface area contributed by atoms with E-state index in [-0.39, 0.29) is 5.91 Å². The van der Waals surface area contributed by atoms with E-state index in [1.54, 1.807) is 16.2 Å². The van der Waals surface area contributed by atoms with Crippen LogP contribution in [0.15, 0.2) is 24.3 Å². The van der Waals surface area contributed by atoms with E-state index in [0.717, 1.165) is 23.4 Å². The smallest absolute Gasteiger partial charge is 0.312 e. The van der Waals surface area contributed by atoms with Crippen LogP contribution in [0.5, 0.6) is 0 Å². The van der Waals surface area contributed by atoms with Gasteiger partial charge in [-0.15, -0.1) is 11.3 Å². The normalized spacial score (nSPS) is 16.3. The Labute approximate surface area is 126 Å². The number of thiazole rings is 1. The third-order valence-corrected chi connectivity index (χ3v) is 5.01. The molecule has 6 heteroatoms. The minimum Gasteiger partial charge on any atom is -0.481 e. The van der Waals surface area contributed by atoms with Gasteiger partial charge in [-0.3, -0.25) is 9.59 Å². The van der Waals surface area contributed by atoms with E-state index in [2.05, 4.69) is 11.1 Å². The monoisotopic (exact) mass is 304 g/mol. The number of likely N-dealkylation sites (tertiary alicyclic amines) is 1. The molecule has 1 saturated heterocycles. The minimum absolute atomic E-state index is 0.287. The number of carbonyl (C=O) groups is 2. The molecule has 1 aliphatic rings. The second-order valence-corrected chi connectivity index (χ2v) is 6.31. The van der Waals surface area contributed by atoms with Crippen molar-refractivity contribution in [2.45, 2.75) is 25.2 Å². The third kappa shape index (κ3) is 3.05. The molecule has 0 spiro atoms. The number of nitrogens with zero attached hydrogens (tertiary/aromatic N) is 2. The summed E-state index contributed by atoms with van der Waals surface area (Å²) in [6.07, 6.45) is 1.29. The highest BCUT2D eigenvalue weighted by atomic mass is 32.1. The molecule has 0 atom stereocenters. The zero-order valence-electron chi connectivity index (χ0n) is 11.5. The molecular formula is C15H16N2O3S. The number of hydrogen-bond donors (Lipinski definition) is 1. The van der Waals surface area contributed by atoms with Crippen LogP contribution in [0.1, 0.15) is 30.2 Å². The van der Waals surface area contributed by atoms with Crippen molar-refractivity contribution in [2.75, 3.05) is 13.1 Å². The van der Waals surface area contributed by atoms with E-state index in [4.69, 9.17) is 5.11 Å². The average molecular weight is 304 g/mol. The Balaban J connectivity index is 1.65. The first kappa shape index (κ1) is 14.0. The Morgan fingerprint density at radius 2 is 2.00 bits per heavy atom. The fourth-order valence-corrected chi connectivity index (χ4v) is 3.82. The van der Waals surface area contributed by atoms with Gasteiger partial charge in [0.25, 0.3) is 0 Å². The Morgan fingerprint density at radius 1 is 1.29 bits per heavy atom. The van der Waals surface area contributed by atoms with E-state index < -0.39 is 12.4 Å². The maximum atomic E-state index is 11.7. The van der Waals surface area contributed by atoms with Gasteiger partial charge in [-0.05, 0) is 25.0 Å². The zero-order valence-corrected chi connectivity index (χ0v) is 12.3. The summed E-state index contributed by atoms with van der Waals surface area (Å²) in [5.41, 5.74) is 1.03. The number of para-hydroxylation sites is 1. The molecule has 0 radical (unpaired) electrons. The highest BCUT2D eigenvalue weighted by Crippen LogP contribution is 2.33. The molecule has 5 nitrogen and oxygen atoms in total. The van der Waals surface area contributed by atoms with Crippen molar-refractivity contribution in [1.29, 1.82) is 0 Å². The van der Waals surface area contributed by atoms with Gasteiger partial charge in [0.15, 0.2) is 0 Å². The standard InChI is InChI=1S/C15H16N2O3S/c18-13(9-14(19)20)17-7-5-10(6-8-17)15-16-11-3-1-2-4-12(11)21-15/h1-4,10H,5-9H2,(H,19,20). The highest BCUT2D eigenvalue weighted by Gasteiger charge is 2.26. The molecule has 2 heterocycles. The predicted octanol–water partition coefficient (Wildman–Crippen LogP) is 2.48. The molecule has 0 saturated carbocycles. The van der Waals surface area contributed by atoms with Crippen LogP contribution in [0, 0.1) is 0 Å². The second-order valence-electron chi connectivity index (χ2n) is 5.25. The fraction of sp³-hybridized carbons (Fsp3) is 0.400. The predicted molar refractivity (Wildman–Crippen MR) is 80.4 cm³/mol. The largest absolute Gasteiger partial charge is 0.481 e. The van der Waals surface area contributed by atoms with Crippen LogP contribution in [-0.2, 0) is 9.59 Å². The molecule has 1 N–H and O–H groups in total. The zero-order chi connectivity index (χ0) is 14.8. The van der Waals surface area contributed by atoms with Gasteiger partial charge >= 0.3 is 5.97 Å². The number of hydrogen-bond acceptors (Lipinski definition) is 4. The van der Waals surface area contributed by atoms with Gasteiger partial charge in [0.1, 0.15) is 6.42 Å². The lowest BCUT2D eigenvalue weighted by Crippen LogP contribution is -2.38. The van der Waals surface area contributed by atoms with Crippen molar-refractivity contribution in [2.24, 2.45) is 0 Å². The van der Waals surface area contributed by atoms with Crippen molar-refractivity contribution < 1.29 is 14.7 Å².